The van der Waals surface area contributed by atoms with Gasteiger partial charge >= 0.3 is 0 Å². The Kier molecular flexibility index (Phi) is 4.15. The van der Waals surface area contributed by atoms with Crippen LogP contribution in [0.25, 0.3) is 11.1 Å². The third-order valence-corrected chi connectivity index (χ3v) is 3.68. The quantitative estimate of drug-likeness (QED) is 0.729. The highest BCUT2D eigenvalue weighted by Gasteiger charge is 2.11. The summed E-state index contributed by atoms with van der Waals surface area (Å²) in [5, 5.41) is 0. The molecule has 0 amide bonds. The average Bonchev–Trinajstić information content (AvgIpc) is 2.45. The van der Waals surface area contributed by atoms with Gasteiger partial charge in [0.1, 0.15) is 5.75 Å². The van der Waals surface area contributed by atoms with Gasteiger partial charge in [0.2, 0.25) is 0 Å². The van der Waals surface area contributed by atoms with Crippen LogP contribution in [0.3, 0.4) is 0 Å². The van der Waals surface area contributed by atoms with Gasteiger partial charge in [-0.1, -0.05) is 24.1 Å². The van der Waals surface area contributed by atoms with Crippen LogP contribution in [0, 0.1) is 26.2 Å². The second-order valence-electron chi connectivity index (χ2n) is 5.15. The van der Waals surface area contributed by atoms with Crippen LogP contribution in [0.15, 0.2) is 36.4 Å². The van der Waals surface area contributed by atoms with E-state index in [2.05, 4.69) is 50.1 Å². The van der Waals surface area contributed by atoms with Crippen molar-refractivity contribution in [1.29, 1.82) is 0 Å². The summed E-state index contributed by atoms with van der Waals surface area (Å²) >= 11 is 0. The number of hydrogen-bond acceptors (Lipinski definition) is 1. The van der Waals surface area contributed by atoms with Gasteiger partial charge < -0.3 is 4.74 Å². The molecule has 0 bridgehead atoms. The van der Waals surface area contributed by atoms with Crippen LogP contribution in [0.2, 0.25) is 0 Å². The topological polar surface area (TPSA) is 9.23 Å². The molecule has 0 N–H and O–H groups in total. The van der Waals surface area contributed by atoms with E-state index < -0.39 is 0 Å². The van der Waals surface area contributed by atoms with Crippen molar-refractivity contribution < 1.29 is 4.74 Å². The summed E-state index contributed by atoms with van der Waals surface area (Å²) < 4.78 is 5.42. The molecule has 2 aromatic rings. The van der Waals surface area contributed by atoms with E-state index in [4.69, 9.17) is 11.2 Å². The highest BCUT2D eigenvalue weighted by atomic mass is 16.5. The molecule has 0 aliphatic rings. The zero-order valence-corrected chi connectivity index (χ0v) is 12.5. The second kappa shape index (κ2) is 5.84. The number of hydrogen-bond donors (Lipinski definition) is 0. The third-order valence-electron chi connectivity index (χ3n) is 3.68. The molecule has 0 aromatic heterocycles. The molecule has 2 rings (SSSR count). The molecular formula is C19H20O. The predicted molar refractivity (Wildman–Crippen MR) is 85.2 cm³/mol. The maximum absolute atomic E-state index is 5.55. The molecule has 0 radical (unpaired) electrons. The van der Waals surface area contributed by atoms with Crippen LogP contribution in [-0.4, -0.2) is 7.11 Å². The van der Waals surface area contributed by atoms with Crippen LogP contribution < -0.4 is 4.74 Å². The maximum atomic E-state index is 5.55. The molecule has 0 aliphatic heterocycles. The summed E-state index contributed by atoms with van der Waals surface area (Å²) in [6.07, 6.45) is 5.55. The van der Waals surface area contributed by atoms with Gasteiger partial charge in [-0.3, -0.25) is 0 Å². The largest absolute Gasteiger partial charge is 0.497 e. The summed E-state index contributed by atoms with van der Waals surface area (Å²) in [6, 6.07) is 12.6. The number of ether oxygens (including phenoxy) is 1. The number of benzene rings is 2. The zero-order valence-electron chi connectivity index (χ0n) is 12.5. The molecular weight excluding hydrogens is 244 g/mol. The normalized spacial score (nSPS) is 11.8. The van der Waals surface area contributed by atoms with E-state index in [-0.39, 0.29) is 5.92 Å². The molecule has 0 saturated carbocycles. The standard InChI is InChI=1S/C19H20O/c1-6-13(2)16-10-17(12-18(11-16)20-5)19-14(3)8-7-9-15(19)4/h1,7-13H,2-5H3/t13-/m1/s1. The first-order chi connectivity index (χ1) is 9.56. The van der Waals surface area contributed by atoms with Crippen LogP contribution in [0.4, 0.5) is 0 Å². The molecule has 1 heteroatoms. The molecule has 1 nitrogen and oxygen atoms in total. The lowest BCUT2D eigenvalue weighted by Crippen LogP contribution is -1.95. The summed E-state index contributed by atoms with van der Waals surface area (Å²) in [6.45, 7) is 6.29. The fourth-order valence-electron chi connectivity index (χ4n) is 2.50. The Morgan fingerprint density at radius 3 is 2.30 bits per heavy atom. The number of aryl methyl sites for hydroxylation is 2. The highest BCUT2D eigenvalue weighted by Crippen LogP contribution is 2.33. The van der Waals surface area contributed by atoms with Crippen LogP contribution in [0.1, 0.15) is 29.5 Å². The van der Waals surface area contributed by atoms with Crippen molar-refractivity contribution >= 4 is 0 Å². The van der Waals surface area contributed by atoms with E-state index in [0.29, 0.717) is 0 Å². The Morgan fingerprint density at radius 2 is 1.75 bits per heavy atom. The molecule has 20 heavy (non-hydrogen) atoms. The lowest BCUT2D eigenvalue weighted by molar-refractivity contribution is 0.414. The Balaban J connectivity index is 2.65. The fourth-order valence-corrected chi connectivity index (χ4v) is 2.50. The van der Waals surface area contributed by atoms with Crippen molar-refractivity contribution in [3.63, 3.8) is 0 Å². The van der Waals surface area contributed by atoms with Crippen molar-refractivity contribution in [3.8, 4) is 29.2 Å². The Bertz CT molecular complexity index is 642. The fraction of sp³-hybridized carbons (Fsp3) is 0.263. The van der Waals surface area contributed by atoms with Crippen LogP contribution in [-0.2, 0) is 0 Å². The molecule has 1 atom stereocenters. The Labute approximate surface area is 121 Å². The molecule has 0 saturated heterocycles. The summed E-state index contributed by atoms with van der Waals surface area (Å²) in [5.74, 6) is 3.71. The lowest BCUT2D eigenvalue weighted by Gasteiger charge is -2.14. The highest BCUT2D eigenvalue weighted by molar-refractivity contribution is 5.72. The number of terminal acetylenes is 1. The minimum Gasteiger partial charge on any atom is -0.497 e. The van der Waals surface area contributed by atoms with E-state index in [1.165, 1.54) is 16.7 Å². The van der Waals surface area contributed by atoms with Gasteiger partial charge in [-0.2, -0.15) is 0 Å². The van der Waals surface area contributed by atoms with Gasteiger partial charge in [0.25, 0.3) is 0 Å². The lowest BCUT2D eigenvalue weighted by atomic mass is 9.92. The smallest absolute Gasteiger partial charge is 0.119 e. The van der Waals surface area contributed by atoms with E-state index in [9.17, 15) is 0 Å². The first-order valence-corrected chi connectivity index (χ1v) is 6.78. The average molecular weight is 264 g/mol. The SMILES string of the molecule is C#C[C@@H](C)c1cc(OC)cc(-c2c(C)cccc2C)c1. The van der Waals surface area contributed by atoms with Crippen molar-refractivity contribution in [3.05, 3.63) is 53.1 Å². The first-order valence-electron chi connectivity index (χ1n) is 6.78. The Morgan fingerprint density at radius 1 is 1.10 bits per heavy atom. The monoisotopic (exact) mass is 264 g/mol. The summed E-state index contributed by atoms with van der Waals surface area (Å²) in [4.78, 5) is 0. The minimum atomic E-state index is 0.0770. The van der Waals surface area contributed by atoms with Gasteiger partial charge in [-0.15, -0.1) is 6.42 Å². The van der Waals surface area contributed by atoms with Crippen molar-refractivity contribution in [2.45, 2.75) is 26.7 Å². The van der Waals surface area contributed by atoms with Gasteiger partial charge in [0.05, 0.1) is 7.11 Å². The number of methoxy groups -OCH3 is 1. The van der Waals surface area contributed by atoms with Gasteiger partial charge in [0.15, 0.2) is 0 Å². The molecule has 0 unspecified atom stereocenters. The molecule has 0 heterocycles. The van der Waals surface area contributed by atoms with Gasteiger partial charge in [-0.25, -0.2) is 0 Å². The Hall–Kier alpha value is -2.20. The van der Waals surface area contributed by atoms with Gasteiger partial charge in [0, 0.05) is 5.92 Å². The van der Waals surface area contributed by atoms with Crippen LogP contribution >= 0.6 is 0 Å². The van der Waals surface area contributed by atoms with Crippen molar-refractivity contribution in [2.24, 2.45) is 0 Å². The van der Waals surface area contributed by atoms with Crippen LogP contribution in [0.5, 0.6) is 5.75 Å². The third kappa shape index (κ3) is 2.70. The molecule has 2 aromatic carbocycles. The first kappa shape index (κ1) is 14.2. The van der Waals surface area contributed by atoms with E-state index in [1.807, 2.05) is 13.0 Å². The summed E-state index contributed by atoms with van der Waals surface area (Å²) in [5.41, 5.74) is 6.06. The maximum Gasteiger partial charge on any atom is 0.119 e. The predicted octanol–water partition coefficient (Wildman–Crippen LogP) is 4.72. The van der Waals surface area contributed by atoms with E-state index in [0.717, 1.165) is 16.9 Å². The van der Waals surface area contributed by atoms with Gasteiger partial charge in [-0.05, 0) is 66.8 Å². The van der Waals surface area contributed by atoms with Crippen molar-refractivity contribution in [2.75, 3.05) is 7.11 Å². The molecule has 102 valence electrons. The molecule has 0 fully saturated rings. The zero-order chi connectivity index (χ0) is 14.7. The minimum absolute atomic E-state index is 0.0770. The number of rotatable bonds is 3. The molecule has 0 aliphatic carbocycles. The second-order valence-corrected chi connectivity index (χ2v) is 5.15. The van der Waals surface area contributed by atoms with E-state index >= 15 is 0 Å². The van der Waals surface area contributed by atoms with E-state index in [1.54, 1.807) is 7.11 Å². The summed E-state index contributed by atoms with van der Waals surface area (Å²) in [7, 11) is 1.69. The molecule has 0 spiro atoms. The van der Waals surface area contributed by atoms with Crippen molar-refractivity contribution in [1.82, 2.24) is 0 Å².